The number of aryl methyl sites for hydroxylation is 1. The Morgan fingerprint density at radius 1 is 1.67 bits per heavy atom. The van der Waals surface area contributed by atoms with Crippen LogP contribution in [0.3, 0.4) is 0 Å². The summed E-state index contributed by atoms with van der Waals surface area (Å²) in [6.45, 7) is 7.48. The molecule has 15 heavy (non-hydrogen) atoms. The number of hydrogen-bond acceptors (Lipinski definition) is 2. The molecule has 1 heterocycles. The van der Waals surface area contributed by atoms with Gasteiger partial charge in [0.2, 0.25) is 0 Å². The van der Waals surface area contributed by atoms with Crippen LogP contribution in [0.15, 0.2) is 12.4 Å². The summed E-state index contributed by atoms with van der Waals surface area (Å²) in [6.07, 6.45) is 5.53. The van der Waals surface area contributed by atoms with E-state index in [0.717, 1.165) is 25.2 Å². The Hall–Kier alpha value is -0.830. The highest BCUT2D eigenvalue weighted by molar-refractivity contribution is 5.08. The first-order valence-corrected chi connectivity index (χ1v) is 5.75. The quantitative estimate of drug-likeness (QED) is 0.825. The van der Waals surface area contributed by atoms with Crippen LogP contribution in [-0.2, 0) is 6.54 Å². The van der Waals surface area contributed by atoms with Gasteiger partial charge in [0.25, 0.3) is 0 Å². The second-order valence-electron chi connectivity index (χ2n) is 5.22. The molecule has 1 aliphatic rings. The van der Waals surface area contributed by atoms with Crippen LogP contribution in [0, 0.1) is 11.3 Å². The summed E-state index contributed by atoms with van der Waals surface area (Å²) in [5, 5.41) is 10.2. The summed E-state index contributed by atoms with van der Waals surface area (Å²) in [6, 6.07) is 0. The van der Waals surface area contributed by atoms with Crippen LogP contribution in [0.25, 0.3) is 0 Å². The molecule has 0 aromatic carbocycles. The van der Waals surface area contributed by atoms with Gasteiger partial charge in [-0.3, -0.25) is 0 Å². The second-order valence-corrected chi connectivity index (χ2v) is 5.22. The van der Waals surface area contributed by atoms with Gasteiger partial charge in [0.05, 0.1) is 0 Å². The largest absolute Gasteiger partial charge is 0.385 e. The normalized spacial score (nSPS) is 25.2. The lowest BCUT2D eigenvalue weighted by molar-refractivity contribution is 0.125. The zero-order chi connectivity index (χ0) is 11.1. The molecule has 2 rings (SSSR count). The molecule has 1 fully saturated rings. The standard InChI is InChI=1S/C12H20N2O/c1-4-6-14-7-5-13-11(14)10(15)9-8-12(9,2)3/h5,7,9-10,15H,4,6,8H2,1-3H3. The molecule has 0 aliphatic heterocycles. The van der Waals surface area contributed by atoms with Crippen LogP contribution in [0.1, 0.15) is 45.5 Å². The van der Waals surface area contributed by atoms with E-state index in [1.807, 2.05) is 6.20 Å². The van der Waals surface area contributed by atoms with Gasteiger partial charge in [-0.05, 0) is 24.2 Å². The molecule has 3 heteroatoms. The lowest BCUT2D eigenvalue weighted by Crippen LogP contribution is -2.12. The highest BCUT2D eigenvalue weighted by Crippen LogP contribution is 2.57. The summed E-state index contributed by atoms with van der Waals surface area (Å²) in [5.41, 5.74) is 0.294. The van der Waals surface area contributed by atoms with Crippen LogP contribution in [0.4, 0.5) is 0 Å². The van der Waals surface area contributed by atoms with Crippen LogP contribution in [0.5, 0.6) is 0 Å². The molecule has 84 valence electrons. The Kier molecular flexibility index (Phi) is 2.59. The van der Waals surface area contributed by atoms with Crippen molar-refractivity contribution in [2.24, 2.45) is 11.3 Å². The average molecular weight is 208 g/mol. The van der Waals surface area contributed by atoms with Crippen molar-refractivity contribution in [3.05, 3.63) is 18.2 Å². The van der Waals surface area contributed by atoms with Crippen LogP contribution < -0.4 is 0 Å². The zero-order valence-corrected chi connectivity index (χ0v) is 9.77. The summed E-state index contributed by atoms with van der Waals surface area (Å²) in [5.74, 6) is 1.22. The van der Waals surface area contributed by atoms with E-state index in [-0.39, 0.29) is 6.10 Å². The molecule has 0 spiro atoms. The van der Waals surface area contributed by atoms with Gasteiger partial charge in [0, 0.05) is 18.9 Å². The van der Waals surface area contributed by atoms with Gasteiger partial charge in [-0.15, -0.1) is 0 Å². The third-order valence-corrected chi connectivity index (χ3v) is 3.45. The molecule has 0 amide bonds. The van der Waals surface area contributed by atoms with Crippen LogP contribution in [0.2, 0.25) is 0 Å². The maximum absolute atomic E-state index is 10.2. The molecule has 2 unspecified atom stereocenters. The van der Waals surface area contributed by atoms with Crippen LogP contribution in [-0.4, -0.2) is 14.7 Å². The highest BCUT2D eigenvalue weighted by Gasteiger charge is 2.51. The first-order valence-electron chi connectivity index (χ1n) is 5.75. The van der Waals surface area contributed by atoms with E-state index < -0.39 is 0 Å². The number of imidazole rings is 1. The fourth-order valence-electron chi connectivity index (χ4n) is 2.24. The van der Waals surface area contributed by atoms with Crippen molar-refractivity contribution in [3.8, 4) is 0 Å². The predicted molar refractivity (Wildman–Crippen MR) is 59.4 cm³/mol. The zero-order valence-electron chi connectivity index (χ0n) is 9.77. The average Bonchev–Trinajstić information content (AvgIpc) is 2.63. The van der Waals surface area contributed by atoms with Crippen molar-refractivity contribution >= 4 is 0 Å². The van der Waals surface area contributed by atoms with Gasteiger partial charge in [0.1, 0.15) is 11.9 Å². The lowest BCUT2D eigenvalue weighted by atomic mass is 10.1. The van der Waals surface area contributed by atoms with Gasteiger partial charge in [-0.2, -0.15) is 0 Å². The van der Waals surface area contributed by atoms with E-state index in [1.165, 1.54) is 0 Å². The topological polar surface area (TPSA) is 38.0 Å². The predicted octanol–water partition coefficient (Wildman–Crippen LogP) is 2.37. The molecule has 1 aromatic rings. The van der Waals surface area contributed by atoms with E-state index in [4.69, 9.17) is 0 Å². The van der Waals surface area contributed by atoms with E-state index in [2.05, 4.69) is 30.3 Å². The maximum Gasteiger partial charge on any atom is 0.137 e. The second kappa shape index (κ2) is 3.63. The van der Waals surface area contributed by atoms with E-state index in [0.29, 0.717) is 11.3 Å². The lowest BCUT2D eigenvalue weighted by Gasteiger charge is -2.14. The molecule has 1 N–H and O–H groups in total. The fraction of sp³-hybridized carbons (Fsp3) is 0.750. The van der Waals surface area contributed by atoms with Crippen molar-refractivity contribution in [2.45, 2.75) is 46.3 Å². The van der Waals surface area contributed by atoms with Crippen molar-refractivity contribution in [1.29, 1.82) is 0 Å². The number of aliphatic hydroxyl groups excluding tert-OH is 1. The summed E-state index contributed by atoms with van der Waals surface area (Å²) in [4.78, 5) is 4.27. The third-order valence-electron chi connectivity index (χ3n) is 3.45. The Bertz CT molecular complexity index is 343. The minimum Gasteiger partial charge on any atom is -0.385 e. The molecule has 3 nitrogen and oxygen atoms in total. The summed E-state index contributed by atoms with van der Waals surface area (Å²) < 4.78 is 2.07. The molecule has 1 aliphatic carbocycles. The molecule has 0 bridgehead atoms. The number of aliphatic hydroxyl groups is 1. The molecule has 2 atom stereocenters. The fourth-order valence-corrected chi connectivity index (χ4v) is 2.24. The minimum absolute atomic E-state index is 0.294. The van der Waals surface area contributed by atoms with Crippen molar-refractivity contribution < 1.29 is 5.11 Å². The molecule has 1 saturated carbocycles. The molecular weight excluding hydrogens is 188 g/mol. The van der Waals surface area contributed by atoms with Gasteiger partial charge in [-0.25, -0.2) is 4.98 Å². The van der Waals surface area contributed by atoms with E-state index >= 15 is 0 Å². The first kappa shape index (κ1) is 10.7. The van der Waals surface area contributed by atoms with Crippen molar-refractivity contribution in [2.75, 3.05) is 0 Å². The van der Waals surface area contributed by atoms with Gasteiger partial charge in [-0.1, -0.05) is 20.8 Å². The number of nitrogens with zero attached hydrogens (tertiary/aromatic N) is 2. The van der Waals surface area contributed by atoms with Crippen molar-refractivity contribution in [1.82, 2.24) is 9.55 Å². The monoisotopic (exact) mass is 208 g/mol. The SMILES string of the molecule is CCCn1ccnc1C(O)C1CC1(C)C. The maximum atomic E-state index is 10.2. The van der Waals surface area contributed by atoms with Crippen LogP contribution >= 0.6 is 0 Å². The molecule has 0 radical (unpaired) electrons. The number of hydrogen-bond donors (Lipinski definition) is 1. The summed E-state index contributed by atoms with van der Waals surface area (Å²) >= 11 is 0. The Morgan fingerprint density at radius 2 is 2.33 bits per heavy atom. The highest BCUT2D eigenvalue weighted by atomic mass is 16.3. The van der Waals surface area contributed by atoms with Gasteiger partial charge < -0.3 is 9.67 Å². The Morgan fingerprint density at radius 3 is 2.87 bits per heavy atom. The van der Waals surface area contributed by atoms with Gasteiger partial charge >= 0.3 is 0 Å². The van der Waals surface area contributed by atoms with E-state index in [1.54, 1.807) is 6.20 Å². The molecule has 0 saturated heterocycles. The Balaban J connectivity index is 2.12. The van der Waals surface area contributed by atoms with E-state index in [9.17, 15) is 5.11 Å². The number of aromatic nitrogens is 2. The molecular formula is C12H20N2O. The molecule has 1 aromatic heterocycles. The van der Waals surface area contributed by atoms with Crippen molar-refractivity contribution in [3.63, 3.8) is 0 Å². The smallest absolute Gasteiger partial charge is 0.137 e. The third kappa shape index (κ3) is 1.93. The Labute approximate surface area is 91.1 Å². The summed E-state index contributed by atoms with van der Waals surface area (Å²) in [7, 11) is 0. The van der Waals surface area contributed by atoms with Gasteiger partial charge in [0.15, 0.2) is 0 Å². The number of rotatable bonds is 4. The first-order chi connectivity index (χ1) is 7.06. The minimum atomic E-state index is -0.387.